The molecule has 1 saturated heterocycles. The average Bonchev–Trinajstić information content (AvgIpc) is 3.04. The molecular weight excluding hydrogens is 618 g/mol. The number of cyclic esters (lactones) is 1. The van der Waals surface area contributed by atoms with Crippen LogP contribution in [0, 0.1) is 5.92 Å². The van der Waals surface area contributed by atoms with Gasteiger partial charge in [-0.25, -0.2) is 4.79 Å². The largest absolute Gasteiger partial charge is 0.472 e. The molecule has 0 saturated carbocycles. The molecule has 13 heteroatoms. The van der Waals surface area contributed by atoms with Crippen molar-refractivity contribution in [3.63, 3.8) is 0 Å². The van der Waals surface area contributed by atoms with Crippen molar-refractivity contribution in [2.45, 2.75) is 77.9 Å². The summed E-state index contributed by atoms with van der Waals surface area (Å²) in [4.78, 5) is 45.9. The monoisotopic (exact) mass is 665 g/mol. The standard InChI is InChI=1S/C33H48ClN3O9/c1-4-41-22-43-28-18-25-17-27(36-45-21-31(39)37-15-7-6-8-16-37)14-10-13-26(35-30(38)20-34)12-9-11-24(3)46-33(40)32(25)29(19-28)44-23-42-5-2/h9-10,12,14,19,24-26H,4-8,11,13,15-18,20-23H2,1-3H3,(H,35,38). The number of carbonyl (C=O) groups excluding carboxylic acids is 3. The van der Waals surface area contributed by atoms with Crippen LogP contribution < -0.4 is 5.32 Å². The molecule has 12 nitrogen and oxygen atoms in total. The van der Waals surface area contributed by atoms with E-state index in [1.807, 2.05) is 32.1 Å². The quantitative estimate of drug-likeness (QED) is 0.0754. The fraction of sp³-hybridized carbons (Fsp3) is 0.636. The molecule has 3 rings (SSSR count). The van der Waals surface area contributed by atoms with Gasteiger partial charge in [-0.3, -0.25) is 9.59 Å². The topological polar surface area (TPSA) is 134 Å². The van der Waals surface area contributed by atoms with Gasteiger partial charge in [0.05, 0.1) is 17.3 Å². The number of nitrogens with one attached hydrogen (secondary N) is 1. The van der Waals surface area contributed by atoms with Crippen molar-refractivity contribution in [3.05, 3.63) is 47.5 Å². The molecule has 1 N–H and O–H groups in total. The smallest absolute Gasteiger partial charge is 0.338 e. The number of fused-ring (bicyclic) bond motifs is 1. The van der Waals surface area contributed by atoms with E-state index in [4.69, 9.17) is 40.1 Å². The maximum atomic E-state index is 13.7. The van der Waals surface area contributed by atoms with Crippen molar-refractivity contribution in [2.24, 2.45) is 11.1 Å². The number of oxime groups is 1. The number of likely N-dealkylation sites (tertiary alicyclic amines) is 1. The Bertz CT molecular complexity index is 1160. The number of nitrogens with zero attached hydrogens (tertiary/aromatic N) is 2. The number of carbonyl (C=O) groups is 3. The van der Waals surface area contributed by atoms with Gasteiger partial charge in [-0.2, -0.15) is 0 Å². The number of rotatable bonds is 13. The summed E-state index contributed by atoms with van der Waals surface area (Å²) >= 11 is 5.74. The zero-order valence-corrected chi connectivity index (χ0v) is 27.9. The highest BCUT2D eigenvalue weighted by Crippen LogP contribution is 2.35. The van der Waals surface area contributed by atoms with Crippen LogP contribution in [0.1, 0.15) is 65.7 Å². The first kappa shape index (κ1) is 37.1. The predicted octanol–water partition coefficient (Wildman–Crippen LogP) is 4.50. The molecule has 3 unspecified atom stereocenters. The zero-order valence-electron chi connectivity index (χ0n) is 27.2. The molecule has 2 heterocycles. The summed E-state index contributed by atoms with van der Waals surface area (Å²) in [6.45, 7) is 7.60. The van der Waals surface area contributed by atoms with Crippen LogP contribution >= 0.6 is 11.6 Å². The van der Waals surface area contributed by atoms with Crippen molar-refractivity contribution >= 4 is 35.1 Å². The van der Waals surface area contributed by atoms with Crippen LogP contribution in [0.2, 0.25) is 0 Å². The minimum Gasteiger partial charge on any atom is -0.472 e. The highest BCUT2D eigenvalue weighted by Gasteiger charge is 2.34. The molecule has 256 valence electrons. The van der Waals surface area contributed by atoms with E-state index in [2.05, 4.69) is 10.5 Å². The molecule has 3 aliphatic rings. The van der Waals surface area contributed by atoms with Crippen molar-refractivity contribution in [2.75, 3.05) is 52.4 Å². The Hall–Kier alpha value is -3.35. The first-order chi connectivity index (χ1) is 22.3. The Morgan fingerprint density at radius 2 is 1.78 bits per heavy atom. The number of hydrogen-bond donors (Lipinski definition) is 1. The first-order valence-corrected chi connectivity index (χ1v) is 16.6. The highest BCUT2D eigenvalue weighted by atomic mass is 35.5. The number of piperidine rings is 1. The maximum absolute atomic E-state index is 13.7. The number of amides is 2. The van der Waals surface area contributed by atoms with E-state index in [0.717, 1.165) is 19.3 Å². The van der Waals surface area contributed by atoms with Gasteiger partial charge in [-0.1, -0.05) is 23.4 Å². The Kier molecular flexibility index (Phi) is 16.7. The third kappa shape index (κ3) is 12.8. The van der Waals surface area contributed by atoms with Crippen LogP contribution in [0.25, 0.3) is 0 Å². The summed E-state index contributed by atoms with van der Waals surface area (Å²) in [5.41, 5.74) is 0.808. The summed E-state index contributed by atoms with van der Waals surface area (Å²) in [6, 6.07) is -0.346. The lowest BCUT2D eigenvalue weighted by atomic mass is 9.85. The van der Waals surface area contributed by atoms with Crippen molar-refractivity contribution in [1.82, 2.24) is 10.2 Å². The van der Waals surface area contributed by atoms with Crippen LogP contribution in [0.15, 0.2) is 52.6 Å². The molecule has 46 heavy (non-hydrogen) atoms. The van der Waals surface area contributed by atoms with Crippen LogP contribution in [-0.2, 0) is 42.9 Å². The van der Waals surface area contributed by atoms with Crippen molar-refractivity contribution in [1.29, 1.82) is 0 Å². The molecule has 2 aliphatic heterocycles. The van der Waals surface area contributed by atoms with Gasteiger partial charge in [0.2, 0.25) is 5.91 Å². The Morgan fingerprint density at radius 1 is 1.04 bits per heavy atom. The van der Waals surface area contributed by atoms with Crippen molar-refractivity contribution in [3.8, 4) is 0 Å². The average molecular weight is 666 g/mol. The van der Waals surface area contributed by atoms with Gasteiger partial charge >= 0.3 is 5.97 Å². The normalized spacial score (nSPS) is 23.6. The summed E-state index contributed by atoms with van der Waals surface area (Å²) in [6.07, 6.45) is 13.0. The first-order valence-electron chi connectivity index (χ1n) is 16.1. The van der Waals surface area contributed by atoms with E-state index < -0.39 is 18.0 Å². The summed E-state index contributed by atoms with van der Waals surface area (Å²) in [5.74, 6) is -0.767. The highest BCUT2D eigenvalue weighted by molar-refractivity contribution is 6.27. The van der Waals surface area contributed by atoms with Gasteiger partial charge in [-0.15, -0.1) is 11.6 Å². The molecule has 0 bridgehead atoms. The Morgan fingerprint density at radius 3 is 2.50 bits per heavy atom. The fourth-order valence-electron chi connectivity index (χ4n) is 5.18. The van der Waals surface area contributed by atoms with E-state index in [1.54, 1.807) is 24.0 Å². The van der Waals surface area contributed by atoms with Crippen LogP contribution in [0.5, 0.6) is 0 Å². The van der Waals surface area contributed by atoms with E-state index in [9.17, 15) is 14.4 Å². The third-order valence-electron chi connectivity index (χ3n) is 7.51. The maximum Gasteiger partial charge on any atom is 0.338 e. The SMILES string of the molecule is CCOCOC1=CC(OCOCC)=C2C(=O)OC(C)CC=CC(NC(=O)CCl)CC=CC(=NOCC(=O)N3CCCCC3)CC2C1. The molecule has 0 aromatic rings. The Balaban J connectivity index is 1.96. The van der Waals surface area contributed by atoms with Gasteiger partial charge in [-0.05, 0) is 52.5 Å². The lowest BCUT2D eigenvalue weighted by Crippen LogP contribution is -2.37. The summed E-state index contributed by atoms with van der Waals surface area (Å²) in [7, 11) is 0. The van der Waals surface area contributed by atoms with E-state index >= 15 is 0 Å². The minimum atomic E-state index is -0.536. The second-order valence-corrected chi connectivity index (χ2v) is 11.4. The molecule has 1 fully saturated rings. The minimum absolute atomic E-state index is 0.0366. The van der Waals surface area contributed by atoms with Gasteiger partial charge in [0.1, 0.15) is 23.5 Å². The second kappa shape index (κ2) is 20.7. The van der Waals surface area contributed by atoms with Gasteiger partial charge in [0, 0.05) is 57.6 Å². The van der Waals surface area contributed by atoms with Crippen LogP contribution in [0.4, 0.5) is 0 Å². The van der Waals surface area contributed by atoms with E-state index in [-0.39, 0.29) is 56.1 Å². The molecule has 1 aliphatic carbocycles. The molecule has 3 atom stereocenters. The molecule has 2 amide bonds. The number of allylic oxidation sites excluding steroid dienone is 3. The number of esters is 1. The van der Waals surface area contributed by atoms with Gasteiger partial charge < -0.3 is 38.7 Å². The molecule has 0 radical (unpaired) electrons. The predicted molar refractivity (Wildman–Crippen MR) is 173 cm³/mol. The second-order valence-electron chi connectivity index (χ2n) is 11.1. The third-order valence-corrected chi connectivity index (χ3v) is 7.76. The number of alkyl halides is 1. The number of ether oxygens (including phenoxy) is 5. The summed E-state index contributed by atoms with van der Waals surface area (Å²) in [5, 5.41) is 7.23. The molecule has 0 aromatic carbocycles. The van der Waals surface area contributed by atoms with Gasteiger partial charge in [0.25, 0.3) is 5.91 Å². The number of hydrogen-bond acceptors (Lipinski definition) is 10. The molecular formula is C33H48ClN3O9. The van der Waals surface area contributed by atoms with Crippen LogP contribution in [0.3, 0.4) is 0 Å². The lowest BCUT2D eigenvalue weighted by molar-refractivity contribution is -0.144. The van der Waals surface area contributed by atoms with Crippen molar-refractivity contribution < 1.29 is 42.9 Å². The van der Waals surface area contributed by atoms with Gasteiger partial charge in [0.15, 0.2) is 20.2 Å². The number of halogens is 1. The van der Waals surface area contributed by atoms with Crippen LogP contribution in [-0.4, -0.2) is 92.9 Å². The molecule has 0 aromatic heterocycles. The lowest BCUT2D eigenvalue weighted by Gasteiger charge is -2.28. The van der Waals surface area contributed by atoms with E-state index in [0.29, 0.717) is 62.6 Å². The fourth-order valence-corrected chi connectivity index (χ4v) is 5.26. The zero-order chi connectivity index (χ0) is 33.1. The Labute approximate surface area is 276 Å². The van der Waals surface area contributed by atoms with E-state index in [1.165, 1.54) is 0 Å². The summed E-state index contributed by atoms with van der Waals surface area (Å²) < 4.78 is 28.5. The molecule has 0 spiro atoms.